The van der Waals surface area contributed by atoms with E-state index in [2.05, 4.69) is 13.2 Å². The van der Waals surface area contributed by atoms with Crippen molar-refractivity contribution >= 4 is 17.5 Å². The summed E-state index contributed by atoms with van der Waals surface area (Å²) in [6, 6.07) is 0. The Hall–Kier alpha value is -1.71. The second kappa shape index (κ2) is 4.23. The summed E-state index contributed by atoms with van der Waals surface area (Å²) in [5, 5.41) is 8.13. The summed E-state index contributed by atoms with van der Waals surface area (Å²) in [5.74, 6) is -3.36. The molecule has 0 aromatic rings. The first-order valence-corrected chi connectivity index (χ1v) is 3.09. The van der Waals surface area contributed by atoms with E-state index in [4.69, 9.17) is 5.11 Å². The number of aliphatic carboxylic acids is 1. The molecule has 0 saturated heterocycles. The van der Waals surface area contributed by atoms with Crippen molar-refractivity contribution in [3.05, 3.63) is 24.8 Å². The molecule has 4 nitrogen and oxygen atoms in total. The van der Waals surface area contributed by atoms with E-state index in [1.54, 1.807) is 0 Å². The molecule has 12 heavy (non-hydrogen) atoms. The average Bonchev–Trinajstić information content (AvgIpc) is 2.02. The van der Waals surface area contributed by atoms with Crippen LogP contribution in [-0.4, -0.2) is 22.6 Å². The van der Waals surface area contributed by atoms with Gasteiger partial charge in [0.05, 0.1) is 6.42 Å². The minimum atomic E-state index is -1.61. The van der Waals surface area contributed by atoms with Crippen LogP contribution < -0.4 is 0 Å². The third kappa shape index (κ3) is 2.92. The zero-order chi connectivity index (χ0) is 9.72. The number of Topliss-reactive ketones (excluding diaryl/α,β-unsaturated/α-hetero) is 2. The van der Waals surface area contributed by atoms with Gasteiger partial charge in [0.25, 0.3) is 0 Å². The molecule has 0 radical (unpaired) electrons. The first kappa shape index (κ1) is 10.3. The van der Waals surface area contributed by atoms with Gasteiger partial charge >= 0.3 is 5.97 Å². The first-order chi connectivity index (χ1) is 5.49. The molecule has 1 N–H and O–H groups in total. The van der Waals surface area contributed by atoms with Crippen LogP contribution in [0.4, 0.5) is 0 Å². The Morgan fingerprint density at radius 3 is 2.08 bits per heavy atom. The monoisotopic (exact) mass is 168 g/mol. The number of hydrogen-bond donors (Lipinski definition) is 1. The van der Waals surface area contributed by atoms with Crippen LogP contribution in [0.2, 0.25) is 0 Å². The lowest BCUT2D eigenvalue weighted by Gasteiger charge is -1.94. The minimum Gasteiger partial charge on any atom is -0.475 e. The second-order valence-electron chi connectivity index (χ2n) is 2.06. The lowest BCUT2D eigenvalue weighted by molar-refractivity contribution is -0.149. The molecular formula is C8H8O4. The predicted octanol–water partition coefficient (Wildman–Crippen LogP) is 0.341. The van der Waals surface area contributed by atoms with Crippen molar-refractivity contribution in [3.63, 3.8) is 0 Å². The van der Waals surface area contributed by atoms with Gasteiger partial charge in [-0.3, -0.25) is 9.59 Å². The zero-order valence-electron chi connectivity index (χ0n) is 6.37. The van der Waals surface area contributed by atoms with Gasteiger partial charge in [-0.2, -0.15) is 0 Å². The van der Waals surface area contributed by atoms with Crippen LogP contribution in [0.3, 0.4) is 0 Å². The van der Waals surface area contributed by atoms with Crippen molar-refractivity contribution in [2.75, 3.05) is 0 Å². The maximum atomic E-state index is 10.8. The fraction of sp³-hybridized carbons (Fsp3) is 0.125. The van der Waals surface area contributed by atoms with Crippen molar-refractivity contribution in [1.29, 1.82) is 0 Å². The highest BCUT2D eigenvalue weighted by Crippen LogP contribution is 1.98. The van der Waals surface area contributed by atoms with E-state index in [-0.39, 0.29) is 5.57 Å². The number of carbonyl (C=O) groups is 3. The summed E-state index contributed by atoms with van der Waals surface area (Å²) in [4.78, 5) is 31.3. The molecule has 0 aliphatic rings. The van der Waals surface area contributed by atoms with Gasteiger partial charge in [0.2, 0.25) is 5.78 Å². The van der Waals surface area contributed by atoms with Gasteiger partial charge in [0.1, 0.15) is 0 Å². The number of carboxylic acid groups (broad SMARTS) is 1. The van der Waals surface area contributed by atoms with Crippen LogP contribution in [0.15, 0.2) is 24.8 Å². The Morgan fingerprint density at radius 2 is 1.75 bits per heavy atom. The van der Waals surface area contributed by atoms with Gasteiger partial charge in [0.15, 0.2) is 5.78 Å². The molecule has 0 saturated carbocycles. The van der Waals surface area contributed by atoms with Gasteiger partial charge in [0, 0.05) is 5.57 Å². The quantitative estimate of drug-likeness (QED) is 0.278. The largest absolute Gasteiger partial charge is 0.475 e. The van der Waals surface area contributed by atoms with E-state index in [0.29, 0.717) is 0 Å². The molecule has 0 rings (SSSR count). The molecular weight excluding hydrogens is 160 g/mol. The molecule has 0 unspecified atom stereocenters. The summed E-state index contributed by atoms with van der Waals surface area (Å²) in [7, 11) is 0. The summed E-state index contributed by atoms with van der Waals surface area (Å²) < 4.78 is 0. The van der Waals surface area contributed by atoms with Crippen molar-refractivity contribution < 1.29 is 19.5 Å². The number of carboxylic acids is 1. The van der Waals surface area contributed by atoms with Gasteiger partial charge in [-0.25, -0.2) is 4.79 Å². The van der Waals surface area contributed by atoms with E-state index in [1.807, 2.05) is 0 Å². The smallest absolute Gasteiger partial charge is 0.372 e. The van der Waals surface area contributed by atoms with E-state index >= 15 is 0 Å². The molecule has 0 aromatic carbocycles. The maximum absolute atomic E-state index is 10.8. The SMILES string of the molecule is C=CC(=C)C(=O)CC(=O)C(=O)O. The maximum Gasteiger partial charge on any atom is 0.372 e. The van der Waals surface area contributed by atoms with Crippen LogP contribution >= 0.6 is 0 Å². The molecule has 64 valence electrons. The highest BCUT2D eigenvalue weighted by Gasteiger charge is 2.16. The zero-order valence-corrected chi connectivity index (χ0v) is 6.37. The minimum absolute atomic E-state index is 0.0459. The predicted molar refractivity (Wildman–Crippen MR) is 41.6 cm³/mol. The van der Waals surface area contributed by atoms with Crippen LogP contribution in [0.5, 0.6) is 0 Å². The van der Waals surface area contributed by atoms with Crippen LogP contribution in [0, 0.1) is 0 Å². The first-order valence-electron chi connectivity index (χ1n) is 3.09. The molecule has 0 bridgehead atoms. The Bertz CT molecular complexity index is 262. The van der Waals surface area contributed by atoms with E-state index in [0.717, 1.165) is 0 Å². The third-order valence-corrected chi connectivity index (χ3v) is 1.16. The second-order valence-corrected chi connectivity index (χ2v) is 2.06. The molecule has 0 aliphatic heterocycles. The summed E-state index contributed by atoms with van der Waals surface area (Å²) in [6.45, 7) is 6.53. The van der Waals surface area contributed by atoms with Gasteiger partial charge < -0.3 is 5.11 Å². The van der Waals surface area contributed by atoms with Crippen molar-refractivity contribution in [2.45, 2.75) is 6.42 Å². The lowest BCUT2D eigenvalue weighted by atomic mass is 10.1. The van der Waals surface area contributed by atoms with E-state index < -0.39 is 24.0 Å². The number of hydrogen-bond acceptors (Lipinski definition) is 3. The highest BCUT2D eigenvalue weighted by atomic mass is 16.4. The highest BCUT2D eigenvalue weighted by molar-refractivity contribution is 6.37. The fourth-order valence-corrected chi connectivity index (χ4v) is 0.449. The van der Waals surface area contributed by atoms with Crippen LogP contribution in [0.25, 0.3) is 0 Å². The molecule has 0 fully saturated rings. The van der Waals surface area contributed by atoms with Crippen LogP contribution in [0.1, 0.15) is 6.42 Å². The number of ketones is 2. The van der Waals surface area contributed by atoms with Crippen LogP contribution in [-0.2, 0) is 14.4 Å². The molecule has 0 amide bonds. The van der Waals surface area contributed by atoms with Gasteiger partial charge in [-0.05, 0) is 0 Å². The molecule has 0 spiro atoms. The Kier molecular flexibility index (Phi) is 3.62. The summed E-state index contributed by atoms with van der Waals surface area (Å²) in [6.07, 6.45) is 0.525. The summed E-state index contributed by atoms with van der Waals surface area (Å²) in [5.41, 5.74) is 0.0459. The summed E-state index contributed by atoms with van der Waals surface area (Å²) >= 11 is 0. The van der Waals surface area contributed by atoms with Gasteiger partial charge in [-0.1, -0.05) is 19.2 Å². The normalized spacial score (nSPS) is 8.67. The number of allylic oxidation sites excluding steroid dienone is 2. The molecule has 4 heteroatoms. The average molecular weight is 168 g/mol. The molecule has 0 heterocycles. The lowest BCUT2D eigenvalue weighted by Crippen LogP contribution is -2.17. The fourth-order valence-electron chi connectivity index (χ4n) is 0.449. The van der Waals surface area contributed by atoms with E-state index in [1.165, 1.54) is 6.08 Å². The molecule has 0 aliphatic carbocycles. The van der Waals surface area contributed by atoms with Crippen molar-refractivity contribution in [2.24, 2.45) is 0 Å². The third-order valence-electron chi connectivity index (χ3n) is 1.16. The number of carbonyl (C=O) groups excluding carboxylic acids is 2. The van der Waals surface area contributed by atoms with Gasteiger partial charge in [-0.15, -0.1) is 0 Å². The van der Waals surface area contributed by atoms with Crippen molar-refractivity contribution in [1.82, 2.24) is 0 Å². The Morgan fingerprint density at radius 1 is 1.25 bits per heavy atom. The standard InChI is InChI=1S/C8H8O4/c1-3-5(2)6(9)4-7(10)8(11)12/h3H,1-2,4H2,(H,11,12). The topological polar surface area (TPSA) is 71.4 Å². The molecule has 0 atom stereocenters. The Balaban J connectivity index is 4.20. The van der Waals surface area contributed by atoms with Crippen molar-refractivity contribution in [3.8, 4) is 0 Å². The number of rotatable bonds is 5. The Labute approximate surface area is 69.2 Å². The van der Waals surface area contributed by atoms with E-state index in [9.17, 15) is 14.4 Å². The molecule has 0 aromatic heterocycles.